The molecule has 0 radical (unpaired) electrons. The number of piperidine rings is 1. The molecule has 1 aromatic carbocycles. The van der Waals surface area contributed by atoms with Crippen LogP contribution in [0.2, 0.25) is 0 Å². The Labute approximate surface area is 187 Å². The number of aromatic nitrogens is 3. The fraction of sp³-hybridized carbons (Fsp3) is 0.458. The lowest BCUT2D eigenvalue weighted by Gasteiger charge is -2.40. The van der Waals surface area contributed by atoms with E-state index in [-0.39, 0.29) is 17.8 Å². The number of rotatable bonds is 4. The van der Waals surface area contributed by atoms with Crippen LogP contribution in [0, 0.1) is 5.82 Å². The number of carbonyl (C=O) groups is 1. The summed E-state index contributed by atoms with van der Waals surface area (Å²) >= 11 is 0. The number of hydrogen-bond acceptors (Lipinski definition) is 5. The molecule has 1 unspecified atom stereocenters. The standard InChI is InChI=1S/C24H29FN6O/c1-18(24(32)30-16-14-29(15-17-30)21-7-5-20(25)6-8-21)28-12-9-19(10-13-28)23-27-26-22-4-2-3-11-31(22)23/h2-8,11,18-19H,9-10,12-17H2,1H3. The van der Waals surface area contributed by atoms with Crippen molar-refractivity contribution < 1.29 is 9.18 Å². The van der Waals surface area contributed by atoms with Crippen LogP contribution in [0.5, 0.6) is 0 Å². The van der Waals surface area contributed by atoms with E-state index in [1.165, 1.54) is 12.1 Å². The number of nitrogens with zero attached hydrogens (tertiary/aromatic N) is 6. The lowest BCUT2D eigenvalue weighted by molar-refractivity contribution is -0.137. The molecule has 0 spiro atoms. The Kier molecular flexibility index (Phi) is 5.78. The van der Waals surface area contributed by atoms with Crippen LogP contribution in [0.4, 0.5) is 10.1 Å². The normalized spacial score (nSPS) is 19.4. The Bertz CT molecular complexity index is 1070. The van der Waals surface area contributed by atoms with Gasteiger partial charge in [0.05, 0.1) is 6.04 Å². The zero-order chi connectivity index (χ0) is 22.1. The summed E-state index contributed by atoms with van der Waals surface area (Å²) in [6, 6.07) is 12.4. The van der Waals surface area contributed by atoms with Crippen molar-refractivity contribution in [2.24, 2.45) is 0 Å². The third-order valence-electron chi connectivity index (χ3n) is 6.92. The van der Waals surface area contributed by atoms with E-state index in [0.29, 0.717) is 19.0 Å². The Balaban J connectivity index is 1.15. The van der Waals surface area contributed by atoms with E-state index in [0.717, 1.165) is 56.2 Å². The fourth-order valence-corrected chi connectivity index (χ4v) is 4.94. The van der Waals surface area contributed by atoms with Gasteiger partial charge in [0.25, 0.3) is 0 Å². The second-order valence-corrected chi connectivity index (χ2v) is 8.76. The van der Waals surface area contributed by atoms with Gasteiger partial charge >= 0.3 is 0 Å². The summed E-state index contributed by atoms with van der Waals surface area (Å²) in [5, 5.41) is 8.71. The van der Waals surface area contributed by atoms with E-state index in [1.54, 1.807) is 12.1 Å². The van der Waals surface area contributed by atoms with Crippen molar-refractivity contribution in [1.82, 2.24) is 24.4 Å². The average molecular weight is 437 g/mol. The number of halogens is 1. The molecule has 1 atom stereocenters. The van der Waals surface area contributed by atoms with Gasteiger partial charge in [-0.3, -0.25) is 14.1 Å². The number of amides is 1. The number of fused-ring (bicyclic) bond motifs is 1. The largest absolute Gasteiger partial charge is 0.368 e. The number of piperazine rings is 1. The maximum atomic E-state index is 13.2. The molecule has 3 aromatic rings. The number of hydrogen-bond donors (Lipinski definition) is 0. The van der Waals surface area contributed by atoms with Crippen molar-refractivity contribution in [3.8, 4) is 0 Å². The van der Waals surface area contributed by atoms with Gasteiger partial charge in [-0.25, -0.2) is 4.39 Å². The summed E-state index contributed by atoms with van der Waals surface area (Å²) in [6.45, 7) is 6.73. The highest BCUT2D eigenvalue weighted by Crippen LogP contribution is 2.28. The number of anilines is 1. The monoisotopic (exact) mass is 436 g/mol. The molecule has 168 valence electrons. The van der Waals surface area contributed by atoms with Crippen molar-refractivity contribution in [3.63, 3.8) is 0 Å². The number of benzene rings is 1. The van der Waals surface area contributed by atoms with Crippen LogP contribution in [0.1, 0.15) is 31.5 Å². The molecule has 2 aromatic heterocycles. The second kappa shape index (κ2) is 8.86. The van der Waals surface area contributed by atoms with Gasteiger partial charge in [0.1, 0.15) is 11.6 Å². The topological polar surface area (TPSA) is 57.0 Å². The van der Waals surface area contributed by atoms with Gasteiger partial charge in [-0.2, -0.15) is 0 Å². The third-order valence-corrected chi connectivity index (χ3v) is 6.92. The molecule has 0 N–H and O–H groups in total. The molecule has 1 amide bonds. The highest BCUT2D eigenvalue weighted by atomic mass is 19.1. The molecular weight excluding hydrogens is 407 g/mol. The van der Waals surface area contributed by atoms with Crippen molar-refractivity contribution in [2.45, 2.75) is 31.7 Å². The van der Waals surface area contributed by atoms with E-state index < -0.39 is 0 Å². The summed E-state index contributed by atoms with van der Waals surface area (Å²) in [7, 11) is 0. The first kappa shape index (κ1) is 20.9. The van der Waals surface area contributed by atoms with Gasteiger partial charge in [-0.1, -0.05) is 6.07 Å². The molecule has 0 bridgehead atoms. The lowest BCUT2D eigenvalue weighted by Crippen LogP contribution is -2.55. The van der Waals surface area contributed by atoms with E-state index in [1.807, 2.05) is 36.2 Å². The first-order valence-electron chi connectivity index (χ1n) is 11.4. The number of likely N-dealkylation sites (tertiary alicyclic amines) is 1. The molecule has 32 heavy (non-hydrogen) atoms. The minimum Gasteiger partial charge on any atom is -0.368 e. The van der Waals surface area contributed by atoms with Gasteiger partial charge in [-0.15, -0.1) is 10.2 Å². The van der Waals surface area contributed by atoms with Crippen molar-refractivity contribution in [3.05, 3.63) is 60.3 Å². The summed E-state index contributed by atoms with van der Waals surface area (Å²) in [6.07, 6.45) is 3.98. The quantitative estimate of drug-likeness (QED) is 0.630. The number of carbonyl (C=O) groups excluding carboxylic acids is 1. The molecule has 5 rings (SSSR count). The molecule has 0 aliphatic carbocycles. The highest BCUT2D eigenvalue weighted by Gasteiger charge is 2.32. The summed E-state index contributed by atoms with van der Waals surface area (Å²) < 4.78 is 15.3. The minimum absolute atomic E-state index is 0.122. The van der Waals surface area contributed by atoms with E-state index >= 15 is 0 Å². The lowest BCUT2D eigenvalue weighted by atomic mass is 9.95. The van der Waals surface area contributed by atoms with E-state index in [4.69, 9.17) is 0 Å². The van der Waals surface area contributed by atoms with Crippen molar-refractivity contribution in [1.29, 1.82) is 0 Å². The minimum atomic E-state index is -0.225. The molecule has 0 saturated carbocycles. The highest BCUT2D eigenvalue weighted by molar-refractivity contribution is 5.81. The van der Waals surface area contributed by atoms with Crippen molar-refractivity contribution >= 4 is 17.2 Å². The molecule has 8 heteroatoms. The Morgan fingerprint density at radius 1 is 0.969 bits per heavy atom. The molecular formula is C24H29FN6O. The summed E-state index contributed by atoms with van der Waals surface area (Å²) in [5.74, 6) is 1.37. The molecule has 2 aliphatic rings. The Morgan fingerprint density at radius 3 is 2.41 bits per heavy atom. The SMILES string of the molecule is CC(C(=O)N1CCN(c2ccc(F)cc2)CC1)N1CCC(c2nnc3ccccn23)CC1. The van der Waals surface area contributed by atoms with E-state index in [2.05, 4.69) is 24.4 Å². The average Bonchev–Trinajstić information content (AvgIpc) is 3.28. The van der Waals surface area contributed by atoms with Crippen LogP contribution in [0.3, 0.4) is 0 Å². The van der Waals surface area contributed by atoms with Gasteiger partial charge < -0.3 is 9.80 Å². The van der Waals surface area contributed by atoms with E-state index in [9.17, 15) is 9.18 Å². The first-order chi connectivity index (χ1) is 15.6. The molecule has 2 saturated heterocycles. The van der Waals surface area contributed by atoms with Crippen LogP contribution in [-0.4, -0.2) is 75.6 Å². The smallest absolute Gasteiger partial charge is 0.239 e. The third kappa shape index (κ3) is 4.07. The molecule has 2 aliphatic heterocycles. The Hall–Kier alpha value is -3.00. The maximum Gasteiger partial charge on any atom is 0.239 e. The number of pyridine rings is 1. The summed E-state index contributed by atoms with van der Waals surface area (Å²) in [5.41, 5.74) is 1.89. The zero-order valence-corrected chi connectivity index (χ0v) is 18.4. The predicted molar refractivity (Wildman–Crippen MR) is 121 cm³/mol. The maximum absolute atomic E-state index is 13.2. The first-order valence-corrected chi connectivity index (χ1v) is 11.4. The summed E-state index contributed by atoms with van der Waals surface area (Å²) in [4.78, 5) is 19.6. The van der Waals surface area contributed by atoms with Crippen LogP contribution >= 0.6 is 0 Å². The van der Waals surface area contributed by atoms with Crippen LogP contribution in [-0.2, 0) is 4.79 Å². The van der Waals surface area contributed by atoms with Crippen LogP contribution < -0.4 is 4.90 Å². The van der Waals surface area contributed by atoms with Gasteiger partial charge in [0, 0.05) is 44.0 Å². The second-order valence-electron chi connectivity index (χ2n) is 8.76. The Morgan fingerprint density at radius 2 is 1.69 bits per heavy atom. The van der Waals surface area contributed by atoms with Gasteiger partial charge in [-0.05, 0) is 69.3 Å². The van der Waals surface area contributed by atoms with Crippen LogP contribution in [0.15, 0.2) is 48.7 Å². The fourth-order valence-electron chi connectivity index (χ4n) is 4.94. The van der Waals surface area contributed by atoms with Gasteiger partial charge in [0.2, 0.25) is 5.91 Å². The predicted octanol–water partition coefficient (Wildman–Crippen LogP) is 2.79. The van der Waals surface area contributed by atoms with Gasteiger partial charge in [0.15, 0.2) is 5.65 Å². The molecule has 2 fully saturated rings. The van der Waals surface area contributed by atoms with Crippen LogP contribution in [0.25, 0.3) is 5.65 Å². The molecule has 4 heterocycles. The molecule has 7 nitrogen and oxygen atoms in total. The van der Waals surface area contributed by atoms with Crippen molar-refractivity contribution in [2.75, 3.05) is 44.2 Å². The zero-order valence-electron chi connectivity index (χ0n) is 18.4.